The lowest BCUT2D eigenvalue weighted by Crippen LogP contribution is -2.30. The van der Waals surface area contributed by atoms with Gasteiger partial charge in [-0.15, -0.1) is 10.2 Å². The lowest BCUT2D eigenvalue weighted by molar-refractivity contribution is 0.262. The highest BCUT2D eigenvalue weighted by Gasteiger charge is 2.13. The smallest absolute Gasteiger partial charge is 0.323 e. The quantitative estimate of drug-likeness (QED) is 0.654. The van der Waals surface area contributed by atoms with Gasteiger partial charge in [-0.05, 0) is 62.1 Å². The Morgan fingerprint density at radius 1 is 0.862 bits per heavy atom. The summed E-state index contributed by atoms with van der Waals surface area (Å²) in [6, 6.07) is 19.1. The average Bonchev–Trinajstić information content (AvgIpc) is 2.77. The van der Waals surface area contributed by atoms with Crippen LogP contribution in [0.5, 0.6) is 0 Å². The monoisotopic (exact) mass is 387 g/mol. The Hall–Kier alpha value is -3.41. The molecular weight excluding hydrogens is 362 g/mol. The van der Waals surface area contributed by atoms with Gasteiger partial charge in [-0.2, -0.15) is 0 Å². The van der Waals surface area contributed by atoms with Gasteiger partial charge in [-0.3, -0.25) is 0 Å². The van der Waals surface area contributed by atoms with Crippen LogP contribution in [0.2, 0.25) is 0 Å². The van der Waals surface area contributed by atoms with Crippen molar-refractivity contribution in [1.82, 2.24) is 10.2 Å². The van der Waals surface area contributed by atoms with Gasteiger partial charge < -0.3 is 15.5 Å². The minimum absolute atomic E-state index is 0.266. The second-order valence-electron chi connectivity index (χ2n) is 7.30. The van der Waals surface area contributed by atoms with Crippen molar-refractivity contribution in [3.63, 3.8) is 0 Å². The molecule has 0 radical (unpaired) electrons. The Bertz CT molecular complexity index is 963. The molecule has 6 heteroatoms. The number of para-hydroxylation sites is 1. The van der Waals surface area contributed by atoms with E-state index in [0.717, 1.165) is 47.1 Å². The van der Waals surface area contributed by atoms with E-state index >= 15 is 0 Å². The number of aromatic nitrogens is 2. The van der Waals surface area contributed by atoms with Crippen LogP contribution in [0, 0.1) is 6.92 Å². The number of amides is 2. The molecule has 2 amide bonds. The molecule has 1 fully saturated rings. The first kappa shape index (κ1) is 18.9. The molecule has 0 bridgehead atoms. The Labute approximate surface area is 171 Å². The molecule has 0 saturated carbocycles. The fourth-order valence-electron chi connectivity index (χ4n) is 3.49. The number of anilines is 3. The van der Waals surface area contributed by atoms with Crippen molar-refractivity contribution in [3.05, 3.63) is 66.2 Å². The molecule has 0 aliphatic carbocycles. The van der Waals surface area contributed by atoms with Crippen molar-refractivity contribution in [1.29, 1.82) is 0 Å². The zero-order chi connectivity index (χ0) is 20.1. The van der Waals surface area contributed by atoms with Crippen LogP contribution in [0.25, 0.3) is 11.3 Å². The fraction of sp³-hybridized carbons (Fsp3) is 0.261. The summed E-state index contributed by atoms with van der Waals surface area (Å²) in [7, 11) is 0. The van der Waals surface area contributed by atoms with Gasteiger partial charge in [0.1, 0.15) is 0 Å². The van der Waals surface area contributed by atoms with Gasteiger partial charge in [-0.25, -0.2) is 4.79 Å². The van der Waals surface area contributed by atoms with Gasteiger partial charge in [0.2, 0.25) is 0 Å². The van der Waals surface area contributed by atoms with E-state index in [1.54, 1.807) is 0 Å². The topological polar surface area (TPSA) is 70.2 Å². The SMILES string of the molecule is Cc1ccccc1NC(=O)Nc1ccc(-c2ccc(N3CCCCC3)nn2)cc1. The van der Waals surface area contributed by atoms with Crippen molar-refractivity contribution in [2.75, 3.05) is 28.6 Å². The summed E-state index contributed by atoms with van der Waals surface area (Å²) < 4.78 is 0. The summed E-state index contributed by atoms with van der Waals surface area (Å²) in [4.78, 5) is 14.5. The number of rotatable bonds is 4. The predicted molar refractivity (Wildman–Crippen MR) is 117 cm³/mol. The largest absolute Gasteiger partial charge is 0.355 e. The van der Waals surface area contributed by atoms with Crippen molar-refractivity contribution >= 4 is 23.2 Å². The minimum atomic E-state index is -0.266. The molecule has 1 saturated heterocycles. The van der Waals surface area contributed by atoms with Gasteiger partial charge in [-0.1, -0.05) is 30.3 Å². The lowest BCUT2D eigenvalue weighted by atomic mass is 10.1. The van der Waals surface area contributed by atoms with Crippen LogP contribution in [0.1, 0.15) is 24.8 Å². The molecule has 29 heavy (non-hydrogen) atoms. The van der Waals surface area contributed by atoms with E-state index in [0.29, 0.717) is 0 Å². The van der Waals surface area contributed by atoms with E-state index in [9.17, 15) is 4.79 Å². The Morgan fingerprint density at radius 3 is 2.31 bits per heavy atom. The summed E-state index contributed by atoms with van der Waals surface area (Å²) in [5, 5.41) is 14.5. The van der Waals surface area contributed by atoms with Crippen LogP contribution in [0.4, 0.5) is 22.0 Å². The number of hydrogen-bond acceptors (Lipinski definition) is 4. The Balaban J connectivity index is 1.38. The highest BCUT2D eigenvalue weighted by atomic mass is 16.2. The average molecular weight is 387 g/mol. The van der Waals surface area contributed by atoms with Gasteiger partial charge in [0.05, 0.1) is 5.69 Å². The third-order valence-electron chi connectivity index (χ3n) is 5.16. The van der Waals surface area contributed by atoms with Crippen molar-refractivity contribution in [2.24, 2.45) is 0 Å². The van der Waals surface area contributed by atoms with E-state index in [2.05, 4.69) is 25.7 Å². The normalized spacial score (nSPS) is 13.8. The standard InChI is InChI=1S/C23H25N5O/c1-17-7-3-4-8-20(17)25-23(29)24-19-11-9-18(10-12-19)21-13-14-22(27-26-21)28-15-5-2-6-16-28/h3-4,7-14H,2,5-6,15-16H2,1H3,(H2,24,25,29). The van der Waals surface area contributed by atoms with Crippen LogP contribution in [-0.2, 0) is 0 Å². The highest BCUT2D eigenvalue weighted by Crippen LogP contribution is 2.22. The fourth-order valence-corrected chi connectivity index (χ4v) is 3.49. The third kappa shape index (κ3) is 4.71. The molecule has 148 valence electrons. The molecule has 6 nitrogen and oxygen atoms in total. The third-order valence-corrected chi connectivity index (χ3v) is 5.16. The predicted octanol–water partition coefficient (Wildman–Crippen LogP) is 5.09. The number of hydrogen-bond donors (Lipinski definition) is 2. The molecule has 1 aliphatic heterocycles. The lowest BCUT2D eigenvalue weighted by Gasteiger charge is -2.27. The van der Waals surface area contributed by atoms with Crippen LogP contribution in [0.15, 0.2) is 60.7 Å². The van der Waals surface area contributed by atoms with Crippen LogP contribution in [0.3, 0.4) is 0 Å². The minimum Gasteiger partial charge on any atom is -0.355 e. The second kappa shape index (κ2) is 8.73. The molecule has 2 N–H and O–H groups in total. The number of benzene rings is 2. The molecule has 2 aromatic carbocycles. The number of piperidine rings is 1. The van der Waals surface area contributed by atoms with E-state index in [1.807, 2.05) is 67.6 Å². The van der Waals surface area contributed by atoms with Gasteiger partial charge in [0.15, 0.2) is 5.82 Å². The maximum Gasteiger partial charge on any atom is 0.323 e. The zero-order valence-corrected chi connectivity index (χ0v) is 16.6. The molecule has 4 rings (SSSR count). The molecule has 0 unspecified atom stereocenters. The first-order valence-electron chi connectivity index (χ1n) is 10.0. The molecule has 1 aromatic heterocycles. The summed E-state index contributed by atoms with van der Waals surface area (Å²) in [6.45, 7) is 4.07. The van der Waals surface area contributed by atoms with Gasteiger partial charge in [0.25, 0.3) is 0 Å². The summed E-state index contributed by atoms with van der Waals surface area (Å²) in [6.07, 6.45) is 3.73. The number of carbonyl (C=O) groups excluding carboxylic acids is 1. The molecular formula is C23H25N5O. The van der Waals surface area contributed by atoms with Crippen molar-refractivity contribution in [3.8, 4) is 11.3 Å². The molecule has 0 atom stereocenters. The summed E-state index contributed by atoms with van der Waals surface area (Å²) in [5.74, 6) is 0.944. The number of nitrogens with one attached hydrogen (secondary N) is 2. The summed E-state index contributed by atoms with van der Waals surface area (Å²) >= 11 is 0. The molecule has 3 aromatic rings. The maximum absolute atomic E-state index is 12.2. The molecule has 1 aliphatic rings. The Kier molecular flexibility index (Phi) is 5.70. The molecule has 0 spiro atoms. The zero-order valence-electron chi connectivity index (χ0n) is 16.6. The first-order valence-corrected chi connectivity index (χ1v) is 10.0. The van der Waals surface area contributed by atoms with E-state index in [1.165, 1.54) is 19.3 Å². The van der Waals surface area contributed by atoms with Gasteiger partial charge in [0, 0.05) is 30.0 Å². The van der Waals surface area contributed by atoms with E-state index in [-0.39, 0.29) is 6.03 Å². The highest BCUT2D eigenvalue weighted by molar-refractivity contribution is 6.00. The van der Waals surface area contributed by atoms with Gasteiger partial charge >= 0.3 is 6.03 Å². The Morgan fingerprint density at radius 2 is 1.62 bits per heavy atom. The number of nitrogens with zero attached hydrogens (tertiary/aromatic N) is 3. The van der Waals surface area contributed by atoms with E-state index < -0.39 is 0 Å². The number of carbonyl (C=O) groups is 1. The maximum atomic E-state index is 12.2. The van der Waals surface area contributed by atoms with Crippen molar-refractivity contribution in [2.45, 2.75) is 26.2 Å². The number of urea groups is 1. The number of aryl methyl sites for hydroxylation is 1. The summed E-state index contributed by atoms with van der Waals surface area (Å²) in [5.41, 5.74) is 4.32. The van der Waals surface area contributed by atoms with E-state index in [4.69, 9.17) is 0 Å². The second-order valence-corrected chi connectivity index (χ2v) is 7.30. The van der Waals surface area contributed by atoms with Crippen molar-refractivity contribution < 1.29 is 4.79 Å². The first-order chi connectivity index (χ1) is 14.2. The van der Waals surface area contributed by atoms with Crippen LogP contribution < -0.4 is 15.5 Å². The molecule has 2 heterocycles. The van der Waals surface area contributed by atoms with Crippen LogP contribution >= 0.6 is 0 Å². The van der Waals surface area contributed by atoms with Crippen LogP contribution in [-0.4, -0.2) is 29.3 Å².